The Labute approximate surface area is 380 Å². The van der Waals surface area contributed by atoms with Gasteiger partial charge < -0.3 is 34.0 Å². The molecule has 3 aliphatic rings. The van der Waals surface area contributed by atoms with E-state index in [0.717, 1.165) is 57.2 Å². The number of thiazole rings is 1. The molecule has 3 aliphatic heterocycles. The molecule has 0 spiro atoms. The van der Waals surface area contributed by atoms with Crippen molar-refractivity contribution in [2.75, 3.05) is 53.3 Å². The van der Waals surface area contributed by atoms with Crippen LogP contribution in [0.1, 0.15) is 76.8 Å². The van der Waals surface area contributed by atoms with E-state index in [4.69, 9.17) is 19.4 Å². The third-order valence-corrected chi connectivity index (χ3v) is 15.2. The summed E-state index contributed by atoms with van der Waals surface area (Å²) < 4.78 is 38.8. The van der Waals surface area contributed by atoms with Gasteiger partial charge in [0.15, 0.2) is 9.84 Å². The highest BCUT2D eigenvalue weighted by Crippen LogP contribution is 2.42. The molecule has 6 bridgehead atoms. The number of urea groups is 1. The average Bonchev–Trinajstić information content (AvgIpc) is 3.82. The SMILES string of the molecule is CCn1c(-c2cccnc2[C@H](C)OC)c2c3cc(ccc31)-c1csc(n1)C[C@H](NC(=O)[C@H](C(C)C)N(C)C(=O)N1CC(S(C)(=O)=O)C1)C(=O)N1CCC[C@](C=O)(COCC(C)(C)C2)N1. The normalized spacial score (nSPS) is 21.8. The number of likely N-dealkylation sites (N-methyl/N-ethyl adjacent to an activating group) is 1. The maximum Gasteiger partial charge on any atom is 0.320 e. The maximum atomic E-state index is 14.7. The number of hydrazine groups is 1. The molecule has 0 radical (unpaired) electrons. The molecule has 16 nitrogen and oxygen atoms in total. The van der Waals surface area contributed by atoms with Crippen LogP contribution in [0, 0.1) is 11.3 Å². The maximum absolute atomic E-state index is 14.7. The van der Waals surface area contributed by atoms with Gasteiger partial charge in [0.2, 0.25) is 5.91 Å². The number of sulfone groups is 1. The van der Waals surface area contributed by atoms with E-state index < -0.39 is 56.0 Å². The molecule has 4 atom stereocenters. The van der Waals surface area contributed by atoms with Gasteiger partial charge in [-0.3, -0.25) is 19.6 Å². The Morgan fingerprint density at radius 2 is 1.92 bits per heavy atom. The molecule has 18 heteroatoms. The highest BCUT2D eigenvalue weighted by molar-refractivity contribution is 7.91. The van der Waals surface area contributed by atoms with Crippen LogP contribution in [0.4, 0.5) is 4.79 Å². The van der Waals surface area contributed by atoms with Crippen LogP contribution < -0.4 is 10.7 Å². The number of methoxy groups -OCH3 is 1. The molecule has 0 aliphatic carbocycles. The van der Waals surface area contributed by atoms with E-state index in [0.29, 0.717) is 37.4 Å². The van der Waals surface area contributed by atoms with Crippen molar-refractivity contribution < 1.29 is 37.1 Å². The van der Waals surface area contributed by atoms with E-state index in [1.165, 1.54) is 33.2 Å². The van der Waals surface area contributed by atoms with Crippen molar-refractivity contribution in [2.24, 2.45) is 11.3 Å². The fourth-order valence-corrected chi connectivity index (χ4v) is 11.1. The molecule has 346 valence electrons. The smallest absolute Gasteiger partial charge is 0.320 e. The standard InChI is InChI=1S/C46H62N8O8S2/c1-10-53-37-15-14-30-19-33(37)34(41(53)32-13-11-17-47-39(32)29(4)61-8)21-45(5,6)26-62-27-46(25-55)16-12-18-54(50-46)43(57)35(20-38-48-36(30)24-63-38)49-42(56)40(28(2)3)51(7)44(58)52-22-31(23-52)64(9,59)60/h11,13-15,17,19,24-25,28-29,31,35,40,50H,10,12,16,18,20-23,26-27H2,1-9H3,(H,49,56)/t29-,35-,40-,46-/m0/s1. The summed E-state index contributed by atoms with van der Waals surface area (Å²) in [5.41, 5.74) is 8.28. The number of nitrogens with one attached hydrogen (secondary N) is 2. The zero-order valence-corrected chi connectivity index (χ0v) is 40.0. The van der Waals surface area contributed by atoms with Crippen molar-refractivity contribution in [3.05, 3.63) is 58.2 Å². The zero-order valence-electron chi connectivity index (χ0n) is 38.3. The lowest BCUT2D eigenvalue weighted by Crippen LogP contribution is -2.67. The molecular weight excluding hydrogens is 857 g/mol. The van der Waals surface area contributed by atoms with E-state index >= 15 is 0 Å². The molecule has 2 saturated heterocycles. The summed E-state index contributed by atoms with van der Waals surface area (Å²) in [6, 6.07) is 7.84. The minimum Gasteiger partial charge on any atom is -0.378 e. The monoisotopic (exact) mass is 918 g/mol. The van der Waals surface area contributed by atoms with Gasteiger partial charge in [0.25, 0.3) is 5.91 Å². The summed E-state index contributed by atoms with van der Waals surface area (Å²) >= 11 is 1.38. The molecular formula is C46H62N8O8S2. The number of ether oxygens (including phenoxy) is 2. The fourth-order valence-electron chi connectivity index (χ4n) is 9.30. The summed E-state index contributed by atoms with van der Waals surface area (Å²) in [7, 11) is -0.122. The Hall–Kier alpha value is -4.75. The van der Waals surface area contributed by atoms with Gasteiger partial charge in [-0.2, -0.15) is 0 Å². The third-order valence-electron chi connectivity index (χ3n) is 12.9. The fraction of sp³-hybridized carbons (Fsp3) is 0.565. The number of aryl methyl sites for hydroxylation is 1. The average molecular weight is 919 g/mol. The lowest BCUT2D eigenvalue weighted by atomic mass is 9.84. The zero-order chi connectivity index (χ0) is 46.3. The highest BCUT2D eigenvalue weighted by atomic mass is 32.2. The second kappa shape index (κ2) is 18.6. The minimum absolute atomic E-state index is 0.0153. The number of fused-ring (bicyclic) bond motifs is 6. The first kappa shape index (κ1) is 47.2. The van der Waals surface area contributed by atoms with Gasteiger partial charge >= 0.3 is 6.03 Å². The number of benzene rings is 1. The summed E-state index contributed by atoms with van der Waals surface area (Å²) in [6.07, 6.45) is 5.13. The second-order valence-corrected chi connectivity index (χ2v) is 22.0. The summed E-state index contributed by atoms with van der Waals surface area (Å²) in [5, 5.41) is 7.36. The second-order valence-electron chi connectivity index (χ2n) is 18.8. The molecule has 3 aromatic heterocycles. The lowest BCUT2D eigenvalue weighted by Gasteiger charge is -2.43. The molecule has 6 heterocycles. The van der Waals surface area contributed by atoms with Gasteiger partial charge in [0.05, 0.1) is 46.7 Å². The minimum atomic E-state index is -3.32. The van der Waals surface area contributed by atoms with Crippen LogP contribution in [0.25, 0.3) is 33.4 Å². The molecule has 64 heavy (non-hydrogen) atoms. The first-order chi connectivity index (χ1) is 30.3. The number of likely N-dealkylation sites (tertiary alicyclic amines) is 1. The molecule has 0 unspecified atom stereocenters. The Balaban J connectivity index is 1.28. The largest absolute Gasteiger partial charge is 0.378 e. The number of carbonyl (C=O) groups is 4. The Morgan fingerprint density at radius 3 is 2.59 bits per heavy atom. The number of aldehydes is 1. The van der Waals surface area contributed by atoms with Crippen LogP contribution >= 0.6 is 11.3 Å². The molecule has 1 aromatic carbocycles. The van der Waals surface area contributed by atoms with Gasteiger partial charge in [-0.25, -0.2) is 23.6 Å². The number of aromatic nitrogens is 3. The van der Waals surface area contributed by atoms with Crippen LogP contribution in [-0.4, -0.2) is 138 Å². The first-order valence-electron chi connectivity index (χ1n) is 22.0. The van der Waals surface area contributed by atoms with Crippen molar-refractivity contribution in [1.29, 1.82) is 0 Å². The van der Waals surface area contributed by atoms with Gasteiger partial charge in [0, 0.05) is 86.6 Å². The third kappa shape index (κ3) is 9.48. The predicted molar refractivity (Wildman–Crippen MR) is 246 cm³/mol. The van der Waals surface area contributed by atoms with Crippen molar-refractivity contribution in [2.45, 2.75) is 103 Å². The summed E-state index contributed by atoms with van der Waals surface area (Å²) in [4.78, 5) is 68.2. The van der Waals surface area contributed by atoms with Crippen LogP contribution in [0.5, 0.6) is 0 Å². The number of nitrogens with zero attached hydrogens (tertiary/aromatic N) is 6. The number of carbonyl (C=O) groups excluding carboxylic acids is 4. The molecule has 7 rings (SSSR count). The topological polar surface area (TPSA) is 185 Å². The number of hydrogen-bond donors (Lipinski definition) is 2. The van der Waals surface area contributed by atoms with Crippen molar-refractivity contribution in [1.82, 2.24) is 40.1 Å². The van der Waals surface area contributed by atoms with Crippen LogP contribution in [0.15, 0.2) is 41.9 Å². The highest BCUT2D eigenvalue weighted by Gasteiger charge is 2.44. The summed E-state index contributed by atoms with van der Waals surface area (Å²) in [5.74, 6) is -1.36. The van der Waals surface area contributed by atoms with Gasteiger partial charge in [-0.1, -0.05) is 33.8 Å². The number of hydrogen-bond acceptors (Lipinski definition) is 12. The lowest BCUT2D eigenvalue weighted by molar-refractivity contribution is -0.147. The van der Waals surface area contributed by atoms with E-state index in [2.05, 4.69) is 60.3 Å². The molecule has 0 saturated carbocycles. The van der Waals surface area contributed by atoms with Crippen LogP contribution in [0.3, 0.4) is 0 Å². The van der Waals surface area contributed by atoms with Gasteiger partial charge in [-0.15, -0.1) is 11.3 Å². The van der Waals surface area contributed by atoms with Crippen molar-refractivity contribution in [3.8, 4) is 22.5 Å². The van der Waals surface area contributed by atoms with E-state index in [9.17, 15) is 27.6 Å². The molecule has 4 aromatic rings. The number of pyridine rings is 1. The Morgan fingerprint density at radius 1 is 1.17 bits per heavy atom. The van der Waals surface area contributed by atoms with Crippen LogP contribution in [0.2, 0.25) is 0 Å². The summed E-state index contributed by atoms with van der Waals surface area (Å²) in [6.45, 7) is 13.5. The first-order valence-corrected chi connectivity index (χ1v) is 24.9. The van der Waals surface area contributed by atoms with E-state index in [-0.39, 0.29) is 44.7 Å². The number of amides is 4. The Bertz CT molecular complexity index is 2510. The number of rotatable bonds is 10. The predicted octanol–water partition coefficient (Wildman–Crippen LogP) is 5.05. The molecule has 4 amide bonds. The van der Waals surface area contributed by atoms with Gasteiger partial charge in [-0.05, 0) is 74.3 Å². The molecule has 2 N–H and O–H groups in total. The van der Waals surface area contributed by atoms with E-state index in [1.807, 2.05) is 32.2 Å². The quantitative estimate of drug-likeness (QED) is 0.203. The van der Waals surface area contributed by atoms with Crippen molar-refractivity contribution in [3.63, 3.8) is 0 Å². The van der Waals surface area contributed by atoms with Gasteiger partial charge in [0.1, 0.15) is 23.9 Å². The molecule has 2 fully saturated rings. The Kier molecular flexibility index (Phi) is 13.7. The van der Waals surface area contributed by atoms with Crippen molar-refractivity contribution >= 4 is 56.2 Å². The van der Waals surface area contributed by atoms with Crippen LogP contribution in [-0.2, 0) is 53.1 Å². The van der Waals surface area contributed by atoms with E-state index in [1.54, 1.807) is 13.3 Å².